The van der Waals surface area contributed by atoms with Gasteiger partial charge in [-0.15, -0.1) is 0 Å². The van der Waals surface area contributed by atoms with Crippen LogP contribution in [-0.4, -0.2) is 21.7 Å². The maximum atomic E-state index is 11.9. The van der Waals surface area contributed by atoms with Crippen LogP contribution in [0, 0.1) is 5.92 Å². The fourth-order valence-corrected chi connectivity index (χ4v) is 2.82. The Bertz CT molecular complexity index is 641. The average molecular weight is 284 g/mol. The molecule has 1 saturated carbocycles. The molecule has 1 N–H and O–H groups in total. The monoisotopic (exact) mass is 284 g/mol. The van der Waals surface area contributed by atoms with Gasteiger partial charge < -0.3 is 4.57 Å². The number of hydrogen-bond acceptors (Lipinski definition) is 3. The highest BCUT2D eigenvalue weighted by Gasteiger charge is 2.11. The van der Waals surface area contributed by atoms with E-state index in [0.717, 1.165) is 11.0 Å². The number of nitrogens with zero attached hydrogens (tertiary/aromatic N) is 3. The second kappa shape index (κ2) is 6.52. The van der Waals surface area contributed by atoms with Crippen LogP contribution in [0.5, 0.6) is 0 Å². The van der Waals surface area contributed by atoms with E-state index in [2.05, 4.69) is 15.5 Å². The zero-order valence-corrected chi connectivity index (χ0v) is 12.0. The van der Waals surface area contributed by atoms with Crippen LogP contribution in [0.2, 0.25) is 0 Å². The summed E-state index contributed by atoms with van der Waals surface area (Å²) in [5.74, 6) is 0.401. The van der Waals surface area contributed by atoms with Gasteiger partial charge in [0.1, 0.15) is 6.54 Å². The minimum absolute atomic E-state index is 0.120. The van der Waals surface area contributed by atoms with Gasteiger partial charge in [-0.2, -0.15) is 5.10 Å². The number of carbonyl (C=O) groups excluding carboxylic acids is 1. The van der Waals surface area contributed by atoms with Crippen molar-refractivity contribution in [1.29, 1.82) is 0 Å². The summed E-state index contributed by atoms with van der Waals surface area (Å²) in [6, 6.07) is 7.78. The first kappa shape index (κ1) is 13.8. The molecule has 0 unspecified atom stereocenters. The maximum absolute atomic E-state index is 11.9. The molecule has 1 aliphatic carbocycles. The molecule has 1 amide bonds. The van der Waals surface area contributed by atoms with Gasteiger partial charge in [-0.25, -0.2) is 10.4 Å². The molecule has 1 heterocycles. The largest absolute Gasteiger partial charge is 0.321 e. The normalized spacial score (nSPS) is 16.6. The van der Waals surface area contributed by atoms with Gasteiger partial charge in [-0.1, -0.05) is 31.4 Å². The molecule has 1 aromatic heterocycles. The lowest BCUT2D eigenvalue weighted by atomic mass is 9.90. The van der Waals surface area contributed by atoms with Gasteiger partial charge in [0.25, 0.3) is 5.91 Å². The summed E-state index contributed by atoms with van der Waals surface area (Å²) in [6.45, 7) is 0.239. The van der Waals surface area contributed by atoms with Crippen LogP contribution in [-0.2, 0) is 11.3 Å². The summed E-state index contributed by atoms with van der Waals surface area (Å²) in [6.07, 6.45) is 9.82. The molecule has 110 valence electrons. The van der Waals surface area contributed by atoms with Gasteiger partial charge in [0.05, 0.1) is 17.4 Å². The van der Waals surface area contributed by atoms with Crippen LogP contribution in [0.3, 0.4) is 0 Å². The lowest BCUT2D eigenvalue weighted by Gasteiger charge is -2.16. The molecule has 21 heavy (non-hydrogen) atoms. The quantitative estimate of drug-likeness (QED) is 0.693. The number of fused-ring (bicyclic) bond motifs is 1. The Balaban J connectivity index is 1.55. The first-order valence-corrected chi connectivity index (χ1v) is 7.55. The van der Waals surface area contributed by atoms with Gasteiger partial charge >= 0.3 is 0 Å². The number of benzene rings is 1. The molecular formula is C16H20N4O. The fourth-order valence-electron chi connectivity index (χ4n) is 2.82. The smallest absolute Gasteiger partial charge is 0.260 e. The molecule has 3 rings (SSSR count). The Morgan fingerprint density at radius 1 is 1.33 bits per heavy atom. The molecule has 0 aliphatic heterocycles. The molecule has 1 aliphatic rings. The van der Waals surface area contributed by atoms with Gasteiger partial charge in [-0.05, 0) is 30.9 Å². The number of amides is 1. The van der Waals surface area contributed by atoms with E-state index in [9.17, 15) is 4.79 Å². The topological polar surface area (TPSA) is 59.3 Å². The highest BCUT2D eigenvalue weighted by molar-refractivity contribution is 5.80. The Kier molecular flexibility index (Phi) is 4.28. The third kappa shape index (κ3) is 3.48. The minimum atomic E-state index is -0.120. The number of imidazole rings is 1. The zero-order valence-electron chi connectivity index (χ0n) is 12.0. The van der Waals surface area contributed by atoms with E-state index < -0.39 is 0 Å². The third-order valence-electron chi connectivity index (χ3n) is 3.97. The molecule has 5 heteroatoms. The SMILES string of the molecule is O=C(Cn1cnc2ccccc21)N/N=C\C1CCCCC1. The maximum Gasteiger partial charge on any atom is 0.260 e. The predicted molar refractivity (Wildman–Crippen MR) is 82.9 cm³/mol. The molecule has 0 spiro atoms. The van der Waals surface area contributed by atoms with E-state index in [0.29, 0.717) is 5.92 Å². The summed E-state index contributed by atoms with van der Waals surface area (Å²) in [5.41, 5.74) is 4.48. The second-order valence-electron chi connectivity index (χ2n) is 5.57. The predicted octanol–water partition coefficient (Wildman–Crippen LogP) is 2.72. The fraction of sp³-hybridized carbons (Fsp3) is 0.438. The van der Waals surface area contributed by atoms with Crippen molar-refractivity contribution in [2.24, 2.45) is 11.0 Å². The molecule has 0 bridgehead atoms. The number of rotatable bonds is 4. The van der Waals surface area contributed by atoms with Gasteiger partial charge in [-0.3, -0.25) is 4.79 Å². The van der Waals surface area contributed by atoms with Crippen LogP contribution < -0.4 is 5.43 Å². The van der Waals surface area contributed by atoms with Crippen LogP contribution >= 0.6 is 0 Å². The van der Waals surface area contributed by atoms with Crippen LogP contribution in [0.15, 0.2) is 35.7 Å². The second-order valence-corrected chi connectivity index (χ2v) is 5.57. The Morgan fingerprint density at radius 3 is 3.00 bits per heavy atom. The van der Waals surface area contributed by atoms with Crippen molar-refractivity contribution in [3.8, 4) is 0 Å². The number of carbonyl (C=O) groups is 1. The lowest BCUT2D eigenvalue weighted by Crippen LogP contribution is -2.23. The Labute approximate surface area is 124 Å². The first-order chi connectivity index (χ1) is 10.3. The van der Waals surface area contributed by atoms with E-state index in [1.807, 2.05) is 35.0 Å². The number of para-hydroxylation sites is 2. The van der Waals surface area contributed by atoms with E-state index in [1.54, 1.807) is 6.33 Å². The van der Waals surface area contributed by atoms with Crippen molar-refractivity contribution in [2.75, 3.05) is 0 Å². The molecule has 0 atom stereocenters. The third-order valence-corrected chi connectivity index (χ3v) is 3.97. The highest BCUT2D eigenvalue weighted by atomic mass is 16.2. The Morgan fingerprint density at radius 2 is 2.14 bits per heavy atom. The Hall–Kier alpha value is -2.17. The van der Waals surface area contributed by atoms with E-state index in [4.69, 9.17) is 0 Å². The molecule has 0 saturated heterocycles. The lowest BCUT2D eigenvalue weighted by molar-refractivity contribution is -0.121. The van der Waals surface area contributed by atoms with Crippen molar-refractivity contribution in [3.05, 3.63) is 30.6 Å². The summed E-state index contributed by atoms with van der Waals surface area (Å²) < 4.78 is 1.83. The van der Waals surface area contributed by atoms with E-state index >= 15 is 0 Å². The summed E-state index contributed by atoms with van der Waals surface area (Å²) in [7, 11) is 0. The van der Waals surface area contributed by atoms with Crippen molar-refractivity contribution in [3.63, 3.8) is 0 Å². The molecule has 1 fully saturated rings. The van der Waals surface area contributed by atoms with E-state index in [-0.39, 0.29) is 12.5 Å². The van der Waals surface area contributed by atoms with Crippen LogP contribution in [0.1, 0.15) is 32.1 Å². The highest BCUT2D eigenvalue weighted by Crippen LogP contribution is 2.21. The molecular weight excluding hydrogens is 264 g/mol. The van der Waals surface area contributed by atoms with Gasteiger partial charge in [0.15, 0.2) is 0 Å². The minimum Gasteiger partial charge on any atom is -0.321 e. The van der Waals surface area contributed by atoms with Crippen molar-refractivity contribution < 1.29 is 4.79 Å². The van der Waals surface area contributed by atoms with Gasteiger partial charge in [0.2, 0.25) is 0 Å². The van der Waals surface area contributed by atoms with Crippen molar-refractivity contribution >= 4 is 23.2 Å². The first-order valence-electron chi connectivity index (χ1n) is 7.55. The number of aromatic nitrogens is 2. The number of hydrogen-bond donors (Lipinski definition) is 1. The van der Waals surface area contributed by atoms with Crippen molar-refractivity contribution in [1.82, 2.24) is 15.0 Å². The molecule has 2 aromatic rings. The van der Waals surface area contributed by atoms with Crippen LogP contribution in [0.4, 0.5) is 0 Å². The number of hydrazone groups is 1. The molecule has 0 radical (unpaired) electrons. The summed E-state index contributed by atoms with van der Waals surface area (Å²) in [4.78, 5) is 16.2. The number of nitrogens with one attached hydrogen (secondary N) is 1. The summed E-state index contributed by atoms with van der Waals surface area (Å²) in [5, 5.41) is 4.10. The zero-order chi connectivity index (χ0) is 14.5. The van der Waals surface area contributed by atoms with Gasteiger partial charge in [0, 0.05) is 6.21 Å². The molecule has 1 aromatic carbocycles. The molecule has 5 nitrogen and oxygen atoms in total. The van der Waals surface area contributed by atoms with Crippen LogP contribution in [0.25, 0.3) is 11.0 Å². The van der Waals surface area contributed by atoms with Crippen molar-refractivity contribution in [2.45, 2.75) is 38.6 Å². The standard InChI is InChI=1S/C16H20N4O/c21-16(19-18-10-13-6-2-1-3-7-13)11-20-12-17-14-8-4-5-9-15(14)20/h4-5,8-10,12-13H,1-3,6-7,11H2,(H,19,21)/b18-10-. The average Bonchev–Trinajstić information content (AvgIpc) is 2.92. The summed E-state index contributed by atoms with van der Waals surface area (Å²) >= 11 is 0. The van der Waals surface area contributed by atoms with E-state index in [1.165, 1.54) is 32.1 Å².